The maximum Gasteiger partial charge on any atom is 0.243 e. The topological polar surface area (TPSA) is 75.7 Å². The van der Waals surface area contributed by atoms with Crippen LogP contribution in [-0.2, 0) is 14.8 Å². The number of para-hydroxylation sites is 1. The normalized spacial score (nSPS) is 11.4. The average Bonchev–Trinajstić information content (AvgIpc) is 2.58. The second-order valence-electron chi connectivity index (χ2n) is 5.98. The van der Waals surface area contributed by atoms with Crippen molar-refractivity contribution in [1.82, 2.24) is 4.31 Å². The fourth-order valence-electron chi connectivity index (χ4n) is 2.47. The number of aryl methyl sites for hydroxylation is 2. The van der Waals surface area contributed by atoms with Gasteiger partial charge in [-0.25, -0.2) is 8.42 Å². The molecule has 7 heteroatoms. The lowest BCUT2D eigenvalue weighted by molar-refractivity contribution is -0.116. The van der Waals surface area contributed by atoms with Crippen LogP contribution in [0.3, 0.4) is 0 Å². The van der Waals surface area contributed by atoms with Gasteiger partial charge in [-0.1, -0.05) is 18.2 Å². The molecule has 0 unspecified atom stereocenters. The second-order valence-corrected chi connectivity index (χ2v) is 8.03. The molecule has 0 saturated heterocycles. The zero-order chi connectivity index (χ0) is 19.3. The van der Waals surface area contributed by atoms with Crippen LogP contribution in [0.25, 0.3) is 0 Å². The summed E-state index contributed by atoms with van der Waals surface area (Å²) in [4.78, 5) is 12.4. The van der Waals surface area contributed by atoms with Crippen LogP contribution in [0, 0.1) is 13.8 Å². The molecule has 0 bridgehead atoms. The van der Waals surface area contributed by atoms with Gasteiger partial charge in [-0.15, -0.1) is 0 Å². The van der Waals surface area contributed by atoms with Gasteiger partial charge in [-0.2, -0.15) is 4.31 Å². The van der Waals surface area contributed by atoms with E-state index in [4.69, 9.17) is 4.74 Å². The minimum absolute atomic E-state index is 0.129. The highest BCUT2D eigenvalue weighted by atomic mass is 32.2. The molecule has 0 aromatic heterocycles. The Bertz CT molecular complexity index is 894. The van der Waals surface area contributed by atoms with Crippen molar-refractivity contribution in [1.29, 1.82) is 0 Å². The lowest BCUT2D eigenvalue weighted by Crippen LogP contribution is -2.35. The van der Waals surface area contributed by atoms with Gasteiger partial charge in [0.2, 0.25) is 15.9 Å². The van der Waals surface area contributed by atoms with Crippen LogP contribution in [0.1, 0.15) is 18.1 Å². The molecule has 0 fully saturated rings. The number of carbonyl (C=O) groups excluding carboxylic acids is 1. The summed E-state index contributed by atoms with van der Waals surface area (Å²) in [6, 6.07) is 12.0. The molecule has 0 radical (unpaired) electrons. The number of hydrogen-bond acceptors (Lipinski definition) is 4. The predicted molar refractivity (Wildman–Crippen MR) is 102 cm³/mol. The van der Waals surface area contributed by atoms with Gasteiger partial charge in [0.15, 0.2) is 0 Å². The fraction of sp³-hybridized carbons (Fsp3) is 0.316. The number of carbonyl (C=O) groups is 1. The lowest BCUT2D eigenvalue weighted by atomic mass is 10.2. The van der Waals surface area contributed by atoms with Crippen LogP contribution in [0.2, 0.25) is 0 Å². The van der Waals surface area contributed by atoms with E-state index in [-0.39, 0.29) is 11.4 Å². The second kappa shape index (κ2) is 8.33. The third-order valence-electron chi connectivity index (χ3n) is 3.94. The summed E-state index contributed by atoms with van der Waals surface area (Å²) in [5.41, 5.74) is 2.30. The summed E-state index contributed by atoms with van der Waals surface area (Å²) < 4.78 is 31.9. The van der Waals surface area contributed by atoms with Crippen LogP contribution in [0.15, 0.2) is 47.4 Å². The molecular formula is C19H24N2O4S. The van der Waals surface area contributed by atoms with E-state index in [2.05, 4.69) is 5.32 Å². The minimum atomic E-state index is -3.77. The molecule has 0 aliphatic heterocycles. The summed E-state index contributed by atoms with van der Waals surface area (Å²) in [5.74, 6) is 0.249. The first-order chi connectivity index (χ1) is 12.3. The number of amides is 1. The predicted octanol–water partition coefficient (Wildman–Crippen LogP) is 2.96. The quantitative estimate of drug-likeness (QED) is 0.806. The van der Waals surface area contributed by atoms with Crippen molar-refractivity contribution in [3.8, 4) is 5.75 Å². The lowest BCUT2D eigenvalue weighted by Gasteiger charge is -2.18. The molecule has 0 aliphatic rings. The van der Waals surface area contributed by atoms with E-state index in [1.165, 1.54) is 13.1 Å². The van der Waals surface area contributed by atoms with Crippen molar-refractivity contribution in [3.63, 3.8) is 0 Å². The Morgan fingerprint density at radius 1 is 1.12 bits per heavy atom. The van der Waals surface area contributed by atoms with Crippen molar-refractivity contribution in [3.05, 3.63) is 53.6 Å². The van der Waals surface area contributed by atoms with Gasteiger partial charge in [0.1, 0.15) is 5.75 Å². The van der Waals surface area contributed by atoms with E-state index in [9.17, 15) is 13.2 Å². The first-order valence-electron chi connectivity index (χ1n) is 8.31. The van der Waals surface area contributed by atoms with Gasteiger partial charge in [0, 0.05) is 12.7 Å². The molecule has 140 valence electrons. The number of likely N-dealkylation sites (N-methyl/N-ethyl adjacent to an activating group) is 1. The van der Waals surface area contributed by atoms with Gasteiger partial charge in [0.25, 0.3) is 0 Å². The Balaban J connectivity index is 2.12. The Morgan fingerprint density at radius 3 is 2.42 bits per heavy atom. The van der Waals surface area contributed by atoms with E-state index < -0.39 is 15.9 Å². The van der Waals surface area contributed by atoms with Gasteiger partial charge in [0.05, 0.1) is 18.0 Å². The first kappa shape index (κ1) is 19.9. The van der Waals surface area contributed by atoms with Crippen LogP contribution in [0.5, 0.6) is 5.75 Å². The van der Waals surface area contributed by atoms with Crippen molar-refractivity contribution >= 4 is 21.6 Å². The molecule has 2 aromatic rings. The molecule has 26 heavy (non-hydrogen) atoms. The highest BCUT2D eigenvalue weighted by Gasteiger charge is 2.23. The van der Waals surface area contributed by atoms with E-state index in [1.807, 2.05) is 32.0 Å². The first-order valence-corrected chi connectivity index (χ1v) is 9.75. The monoisotopic (exact) mass is 376 g/mol. The van der Waals surface area contributed by atoms with Gasteiger partial charge in [-0.3, -0.25) is 4.79 Å². The molecule has 0 heterocycles. The van der Waals surface area contributed by atoms with Crippen molar-refractivity contribution in [2.24, 2.45) is 0 Å². The fourth-order valence-corrected chi connectivity index (χ4v) is 3.68. The molecule has 2 aromatic carbocycles. The van der Waals surface area contributed by atoms with Gasteiger partial charge in [-0.05, 0) is 56.2 Å². The minimum Gasteiger partial charge on any atom is -0.494 e. The third-order valence-corrected chi connectivity index (χ3v) is 5.74. The van der Waals surface area contributed by atoms with Crippen LogP contribution in [0.4, 0.5) is 5.69 Å². The van der Waals surface area contributed by atoms with Crippen molar-refractivity contribution in [2.75, 3.05) is 25.5 Å². The molecule has 1 amide bonds. The average molecular weight is 376 g/mol. The van der Waals surface area contributed by atoms with Crippen molar-refractivity contribution < 1.29 is 17.9 Å². The standard InChI is InChI=1S/C19H24N2O4S/c1-5-25-18-11-10-16(12-15(18)3)26(23,24)21(4)13-19(22)20-17-9-7-6-8-14(17)2/h6-12H,5,13H2,1-4H3,(H,20,22). The van der Waals surface area contributed by atoms with Crippen LogP contribution < -0.4 is 10.1 Å². The molecule has 0 aliphatic carbocycles. The highest BCUT2D eigenvalue weighted by Crippen LogP contribution is 2.23. The molecule has 0 saturated carbocycles. The number of sulfonamides is 1. The Hall–Kier alpha value is -2.38. The number of nitrogens with zero attached hydrogens (tertiary/aromatic N) is 1. The zero-order valence-corrected chi connectivity index (χ0v) is 16.3. The van der Waals surface area contributed by atoms with Crippen LogP contribution in [-0.4, -0.2) is 38.8 Å². The highest BCUT2D eigenvalue weighted by molar-refractivity contribution is 7.89. The van der Waals surface area contributed by atoms with E-state index in [0.29, 0.717) is 18.0 Å². The number of nitrogens with one attached hydrogen (secondary N) is 1. The zero-order valence-electron chi connectivity index (χ0n) is 15.4. The molecule has 6 nitrogen and oxygen atoms in total. The number of benzene rings is 2. The third kappa shape index (κ3) is 4.62. The number of hydrogen-bond donors (Lipinski definition) is 1. The summed E-state index contributed by atoms with van der Waals surface area (Å²) in [5, 5.41) is 2.74. The van der Waals surface area contributed by atoms with Gasteiger partial charge < -0.3 is 10.1 Å². The largest absolute Gasteiger partial charge is 0.494 e. The molecule has 1 N–H and O–H groups in total. The Kier molecular flexibility index (Phi) is 6.39. The van der Waals surface area contributed by atoms with Crippen LogP contribution >= 0.6 is 0 Å². The molecule has 2 rings (SSSR count). The summed E-state index contributed by atoms with van der Waals surface area (Å²) in [7, 11) is -2.39. The Morgan fingerprint density at radius 2 is 1.81 bits per heavy atom. The van der Waals surface area contributed by atoms with Crippen molar-refractivity contribution in [2.45, 2.75) is 25.7 Å². The summed E-state index contributed by atoms with van der Waals surface area (Å²) in [6.07, 6.45) is 0. The number of anilines is 1. The maximum absolute atomic E-state index is 12.7. The smallest absolute Gasteiger partial charge is 0.243 e. The number of ether oxygens (including phenoxy) is 1. The molecule has 0 atom stereocenters. The summed E-state index contributed by atoms with van der Waals surface area (Å²) >= 11 is 0. The Labute approximate surface area is 154 Å². The SMILES string of the molecule is CCOc1ccc(S(=O)(=O)N(C)CC(=O)Nc2ccccc2C)cc1C. The number of rotatable bonds is 7. The molecular weight excluding hydrogens is 352 g/mol. The van der Waals surface area contributed by atoms with E-state index in [0.717, 1.165) is 15.4 Å². The molecule has 0 spiro atoms. The maximum atomic E-state index is 12.7. The van der Waals surface area contributed by atoms with Gasteiger partial charge >= 0.3 is 0 Å². The summed E-state index contributed by atoms with van der Waals surface area (Å²) in [6.45, 7) is 5.76. The van der Waals surface area contributed by atoms with E-state index in [1.54, 1.807) is 25.1 Å². The van der Waals surface area contributed by atoms with E-state index >= 15 is 0 Å².